The minimum Gasteiger partial charge on any atom is -0.493 e. The van der Waals surface area contributed by atoms with Gasteiger partial charge in [0.2, 0.25) is 0 Å². The van der Waals surface area contributed by atoms with Crippen molar-refractivity contribution in [2.45, 2.75) is 13.8 Å². The lowest BCUT2D eigenvalue weighted by molar-refractivity contribution is 0.103. The third-order valence-corrected chi connectivity index (χ3v) is 4.14. The fraction of sp³-hybridized carbons (Fsp3) is 0.235. The number of halogens is 1. The molecule has 0 fully saturated rings. The summed E-state index contributed by atoms with van der Waals surface area (Å²) < 4.78 is 11.2. The van der Waals surface area contributed by atoms with Gasteiger partial charge < -0.3 is 9.47 Å². The molecular weight excluding hydrogens is 332 g/mol. The summed E-state index contributed by atoms with van der Waals surface area (Å²) in [6.45, 7) is 4.02. The summed E-state index contributed by atoms with van der Waals surface area (Å²) in [4.78, 5) is 12.7. The second-order valence-corrected chi connectivity index (χ2v) is 5.67. The van der Waals surface area contributed by atoms with Crippen molar-refractivity contribution in [1.82, 2.24) is 0 Å². The quantitative estimate of drug-likeness (QED) is 0.772. The molecule has 2 aromatic carbocycles. The summed E-state index contributed by atoms with van der Waals surface area (Å²) in [6.07, 6.45) is 0. The third-order valence-electron chi connectivity index (χ3n) is 3.49. The van der Waals surface area contributed by atoms with E-state index in [0.29, 0.717) is 27.1 Å². The Kier molecular flexibility index (Phi) is 4.68. The molecule has 0 aliphatic heterocycles. The molecular formula is C17H17BrO3. The lowest BCUT2D eigenvalue weighted by atomic mass is 9.99. The van der Waals surface area contributed by atoms with Gasteiger partial charge in [-0.15, -0.1) is 0 Å². The molecule has 0 aliphatic carbocycles. The molecule has 0 atom stereocenters. The van der Waals surface area contributed by atoms with Crippen LogP contribution in [0.5, 0.6) is 11.5 Å². The number of carbonyl (C=O) groups excluding carboxylic acids is 1. The second-order valence-electron chi connectivity index (χ2n) is 4.82. The summed E-state index contributed by atoms with van der Waals surface area (Å²) in [5.41, 5.74) is 3.47. The van der Waals surface area contributed by atoms with Gasteiger partial charge in [-0.2, -0.15) is 0 Å². The number of hydrogen-bond donors (Lipinski definition) is 0. The zero-order chi connectivity index (χ0) is 15.6. The number of ketones is 1. The van der Waals surface area contributed by atoms with Crippen molar-refractivity contribution < 1.29 is 14.3 Å². The molecule has 0 saturated carbocycles. The number of aryl methyl sites for hydroxylation is 2. The standard InChI is InChI=1S/C17H17BrO3/c1-10-5-6-12(7-11(10)2)17(19)13-8-15(20-3)16(21-4)9-14(13)18/h5-9H,1-4H3. The molecule has 2 aromatic rings. The highest BCUT2D eigenvalue weighted by atomic mass is 79.9. The Labute approximate surface area is 133 Å². The van der Waals surface area contributed by atoms with Crippen molar-refractivity contribution in [3.05, 3.63) is 57.1 Å². The lowest BCUT2D eigenvalue weighted by Gasteiger charge is -2.12. The van der Waals surface area contributed by atoms with E-state index in [2.05, 4.69) is 15.9 Å². The van der Waals surface area contributed by atoms with Gasteiger partial charge in [-0.1, -0.05) is 12.1 Å². The third kappa shape index (κ3) is 3.10. The molecule has 4 heteroatoms. The SMILES string of the molecule is COc1cc(Br)c(C(=O)c2ccc(C)c(C)c2)cc1OC. The van der Waals surface area contributed by atoms with Gasteiger partial charge in [0.1, 0.15) is 0 Å². The maximum atomic E-state index is 12.7. The number of ether oxygens (including phenoxy) is 2. The van der Waals surface area contributed by atoms with E-state index in [9.17, 15) is 4.79 Å². The van der Waals surface area contributed by atoms with E-state index in [4.69, 9.17) is 9.47 Å². The highest BCUT2D eigenvalue weighted by Gasteiger charge is 2.17. The van der Waals surface area contributed by atoms with Crippen LogP contribution in [0.3, 0.4) is 0 Å². The first-order valence-corrected chi connectivity index (χ1v) is 7.30. The van der Waals surface area contributed by atoms with Crippen LogP contribution in [-0.4, -0.2) is 20.0 Å². The van der Waals surface area contributed by atoms with Gasteiger partial charge in [-0.05, 0) is 59.1 Å². The Hall–Kier alpha value is -1.81. The van der Waals surface area contributed by atoms with Crippen LogP contribution >= 0.6 is 15.9 Å². The van der Waals surface area contributed by atoms with Gasteiger partial charge in [-0.3, -0.25) is 4.79 Å². The zero-order valence-corrected chi connectivity index (χ0v) is 14.1. The maximum Gasteiger partial charge on any atom is 0.194 e. The number of carbonyl (C=O) groups is 1. The van der Waals surface area contributed by atoms with Gasteiger partial charge in [-0.25, -0.2) is 0 Å². The number of benzene rings is 2. The van der Waals surface area contributed by atoms with Crippen LogP contribution in [0.15, 0.2) is 34.8 Å². The topological polar surface area (TPSA) is 35.5 Å². The van der Waals surface area contributed by atoms with Gasteiger partial charge in [0, 0.05) is 15.6 Å². The lowest BCUT2D eigenvalue weighted by Crippen LogP contribution is -2.04. The molecule has 0 saturated heterocycles. The van der Waals surface area contributed by atoms with Crippen molar-refractivity contribution in [2.24, 2.45) is 0 Å². The largest absolute Gasteiger partial charge is 0.493 e. The first-order valence-electron chi connectivity index (χ1n) is 6.51. The van der Waals surface area contributed by atoms with E-state index in [-0.39, 0.29) is 5.78 Å². The minimum atomic E-state index is -0.0501. The average molecular weight is 349 g/mol. The van der Waals surface area contributed by atoms with E-state index < -0.39 is 0 Å². The molecule has 0 heterocycles. The number of methoxy groups -OCH3 is 2. The highest BCUT2D eigenvalue weighted by molar-refractivity contribution is 9.10. The van der Waals surface area contributed by atoms with Crippen LogP contribution < -0.4 is 9.47 Å². The highest BCUT2D eigenvalue weighted by Crippen LogP contribution is 2.34. The Morgan fingerprint density at radius 2 is 1.57 bits per heavy atom. The van der Waals surface area contributed by atoms with Crippen molar-refractivity contribution in [3.63, 3.8) is 0 Å². The van der Waals surface area contributed by atoms with Crippen molar-refractivity contribution in [2.75, 3.05) is 14.2 Å². The number of rotatable bonds is 4. The van der Waals surface area contributed by atoms with Crippen LogP contribution in [0, 0.1) is 13.8 Å². The molecule has 0 amide bonds. The monoisotopic (exact) mass is 348 g/mol. The van der Waals surface area contributed by atoms with Gasteiger partial charge in [0.25, 0.3) is 0 Å². The smallest absolute Gasteiger partial charge is 0.194 e. The van der Waals surface area contributed by atoms with Gasteiger partial charge in [0.15, 0.2) is 17.3 Å². The molecule has 0 bridgehead atoms. The predicted molar refractivity (Wildman–Crippen MR) is 86.6 cm³/mol. The molecule has 110 valence electrons. The van der Waals surface area contributed by atoms with E-state index in [1.165, 1.54) is 0 Å². The van der Waals surface area contributed by atoms with E-state index in [1.54, 1.807) is 26.4 Å². The van der Waals surface area contributed by atoms with E-state index in [1.807, 2.05) is 32.0 Å². The molecule has 0 spiro atoms. The molecule has 0 N–H and O–H groups in total. The molecule has 21 heavy (non-hydrogen) atoms. The Morgan fingerprint density at radius 3 is 2.14 bits per heavy atom. The first-order chi connectivity index (χ1) is 9.97. The summed E-state index contributed by atoms with van der Waals surface area (Å²) in [5.74, 6) is 1.07. The van der Waals surface area contributed by atoms with Crippen LogP contribution in [0.25, 0.3) is 0 Å². The Morgan fingerprint density at radius 1 is 0.952 bits per heavy atom. The maximum absolute atomic E-state index is 12.7. The Bertz CT molecular complexity index is 693. The summed E-state index contributed by atoms with van der Waals surface area (Å²) in [7, 11) is 3.12. The van der Waals surface area contributed by atoms with Crippen LogP contribution in [0.2, 0.25) is 0 Å². The van der Waals surface area contributed by atoms with Crippen molar-refractivity contribution >= 4 is 21.7 Å². The van der Waals surface area contributed by atoms with Crippen LogP contribution in [-0.2, 0) is 0 Å². The van der Waals surface area contributed by atoms with Gasteiger partial charge >= 0.3 is 0 Å². The molecule has 3 nitrogen and oxygen atoms in total. The van der Waals surface area contributed by atoms with Gasteiger partial charge in [0.05, 0.1) is 14.2 Å². The van der Waals surface area contributed by atoms with E-state index in [0.717, 1.165) is 11.1 Å². The molecule has 0 radical (unpaired) electrons. The molecule has 0 aromatic heterocycles. The Balaban J connectivity index is 2.50. The predicted octanol–water partition coefficient (Wildman–Crippen LogP) is 4.31. The molecule has 2 rings (SSSR count). The molecule has 0 aliphatic rings. The first kappa shape index (κ1) is 15.6. The van der Waals surface area contributed by atoms with Crippen LogP contribution in [0.4, 0.5) is 0 Å². The fourth-order valence-electron chi connectivity index (χ4n) is 2.07. The van der Waals surface area contributed by atoms with Crippen molar-refractivity contribution in [3.8, 4) is 11.5 Å². The normalized spacial score (nSPS) is 10.3. The number of hydrogen-bond acceptors (Lipinski definition) is 3. The summed E-state index contributed by atoms with van der Waals surface area (Å²) in [6, 6.07) is 9.14. The minimum absolute atomic E-state index is 0.0501. The second kappa shape index (κ2) is 6.31. The van der Waals surface area contributed by atoms with Crippen LogP contribution in [0.1, 0.15) is 27.0 Å². The fourth-order valence-corrected chi connectivity index (χ4v) is 2.57. The zero-order valence-electron chi connectivity index (χ0n) is 12.5. The van der Waals surface area contributed by atoms with E-state index >= 15 is 0 Å². The van der Waals surface area contributed by atoms with Crippen molar-refractivity contribution in [1.29, 1.82) is 0 Å². The average Bonchev–Trinajstić information content (AvgIpc) is 2.49. The summed E-state index contributed by atoms with van der Waals surface area (Å²) >= 11 is 3.43. The summed E-state index contributed by atoms with van der Waals surface area (Å²) in [5, 5.41) is 0. The molecule has 0 unspecified atom stereocenters.